The number of para-hydroxylation sites is 1. The highest BCUT2D eigenvalue weighted by molar-refractivity contribution is 5.93. The van der Waals surface area contributed by atoms with E-state index in [1.165, 1.54) is 57.9 Å². The average molecular weight is 397 g/mol. The van der Waals surface area contributed by atoms with Crippen LogP contribution in [0, 0.1) is 11.8 Å². The zero-order valence-corrected chi connectivity index (χ0v) is 18.6. The Hall–Kier alpha value is -1.35. The first-order chi connectivity index (χ1) is 14.2. The fourth-order valence-corrected chi connectivity index (χ4v) is 6.66. The molecule has 0 N–H and O–H groups in total. The first kappa shape index (κ1) is 20.9. The summed E-state index contributed by atoms with van der Waals surface area (Å²) in [5, 5.41) is 0. The smallest absolute Gasteiger partial charge is 0.226 e. The van der Waals surface area contributed by atoms with E-state index in [2.05, 4.69) is 41.0 Å². The van der Waals surface area contributed by atoms with Crippen molar-refractivity contribution in [3.8, 4) is 0 Å². The SMILES string of the molecule is CCC[C@H]1C[C@@H](N(C(=O)CC)c2ccccc2)CCN1C1C[C@H]2CCC[C@@H](C1)C2. The second-order valence-corrected chi connectivity index (χ2v) is 9.84. The van der Waals surface area contributed by atoms with E-state index in [9.17, 15) is 4.79 Å². The Morgan fingerprint density at radius 2 is 1.72 bits per heavy atom. The molecule has 1 unspecified atom stereocenters. The third-order valence-corrected chi connectivity index (χ3v) is 7.90. The quantitative estimate of drug-likeness (QED) is 0.586. The molecule has 160 valence electrons. The van der Waals surface area contributed by atoms with Crippen LogP contribution in [0.3, 0.4) is 0 Å². The maximum Gasteiger partial charge on any atom is 0.226 e. The fourth-order valence-electron chi connectivity index (χ4n) is 6.66. The van der Waals surface area contributed by atoms with E-state index in [4.69, 9.17) is 0 Å². The number of carbonyl (C=O) groups excluding carboxylic acids is 1. The molecule has 0 aromatic heterocycles. The van der Waals surface area contributed by atoms with Gasteiger partial charge in [0.2, 0.25) is 5.91 Å². The van der Waals surface area contributed by atoms with E-state index in [1.807, 2.05) is 13.0 Å². The maximum atomic E-state index is 12.9. The number of hydrogen-bond acceptors (Lipinski definition) is 2. The maximum absolute atomic E-state index is 12.9. The minimum absolute atomic E-state index is 0.275. The Morgan fingerprint density at radius 1 is 1.00 bits per heavy atom. The molecule has 1 aromatic rings. The number of carbonyl (C=O) groups is 1. The van der Waals surface area contributed by atoms with Crippen LogP contribution < -0.4 is 4.90 Å². The summed E-state index contributed by atoms with van der Waals surface area (Å²) in [5.41, 5.74) is 1.08. The molecule has 1 aromatic carbocycles. The van der Waals surface area contributed by atoms with Crippen molar-refractivity contribution >= 4 is 11.6 Å². The first-order valence-electron chi connectivity index (χ1n) is 12.3. The van der Waals surface area contributed by atoms with Gasteiger partial charge in [-0.15, -0.1) is 0 Å². The number of nitrogens with zero attached hydrogens (tertiary/aromatic N) is 2. The lowest BCUT2D eigenvalue weighted by Crippen LogP contribution is -2.56. The summed E-state index contributed by atoms with van der Waals surface area (Å²) in [7, 11) is 0. The standard InChI is InChI=1S/C26H40N2O/c1-3-9-23-19-24(28(26(29)4-2)22-12-6-5-7-13-22)14-15-27(23)25-17-20-10-8-11-21(16-20)18-25/h5-7,12-13,20-21,23-25H,3-4,8-11,14-19H2,1-2H3/t20-,21+,23-,24-,25?/m0/s1. The highest BCUT2D eigenvalue weighted by Crippen LogP contribution is 2.43. The number of piperidine rings is 1. The summed E-state index contributed by atoms with van der Waals surface area (Å²) in [6, 6.07) is 12.2. The van der Waals surface area contributed by atoms with Crippen LogP contribution >= 0.6 is 0 Å². The number of rotatable bonds is 6. The van der Waals surface area contributed by atoms with Crippen LogP contribution in [0.2, 0.25) is 0 Å². The van der Waals surface area contributed by atoms with Crippen LogP contribution in [0.25, 0.3) is 0 Å². The number of benzene rings is 1. The summed E-state index contributed by atoms with van der Waals surface area (Å²) >= 11 is 0. The van der Waals surface area contributed by atoms with Gasteiger partial charge in [-0.2, -0.15) is 0 Å². The van der Waals surface area contributed by atoms with E-state index in [1.54, 1.807) is 0 Å². The van der Waals surface area contributed by atoms with Crippen LogP contribution in [-0.4, -0.2) is 35.5 Å². The van der Waals surface area contributed by atoms with Crippen LogP contribution in [0.15, 0.2) is 30.3 Å². The zero-order valence-electron chi connectivity index (χ0n) is 18.6. The number of hydrogen-bond donors (Lipinski definition) is 0. The molecule has 3 aliphatic rings. The second-order valence-electron chi connectivity index (χ2n) is 9.84. The molecule has 0 radical (unpaired) electrons. The third kappa shape index (κ3) is 4.71. The van der Waals surface area contributed by atoms with Crippen LogP contribution in [-0.2, 0) is 4.79 Å². The normalized spacial score (nSPS) is 32.7. The van der Waals surface area contributed by atoms with Crippen molar-refractivity contribution in [2.24, 2.45) is 11.8 Å². The fraction of sp³-hybridized carbons (Fsp3) is 0.731. The summed E-state index contributed by atoms with van der Waals surface area (Å²) in [6.45, 7) is 5.49. The van der Waals surface area contributed by atoms with Crippen molar-refractivity contribution in [2.75, 3.05) is 11.4 Å². The first-order valence-corrected chi connectivity index (χ1v) is 12.3. The Morgan fingerprint density at radius 3 is 2.38 bits per heavy atom. The van der Waals surface area contributed by atoms with Gasteiger partial charge in [-0.3, -0.25) is 9.69 Å². The zero-order chi connectivity index (χ0) is 20.2. The van der Waals surface area contributed by atoms with Crippen molar-refractivity contribution in [2.45, 2.75) is 103 Å². The molecule has 3 nitrogen and oxygen atoms in total. The number of anilines is 1. The summed E-state index contributed by atoms with van der Waals surface area (Å²) < 4.78 is 0. The van der Waals surface area contributed by atoms with Gasteiger partial charge in [0.05, 0.1) is 0 Å². The van der Waals surface area contributed by atoms with Crippen molar-refractivity contribution < 1.29 is 4.79 Å². The Balaban J connectivity index is 1.50. The predicted molar refractivity (Wildman–Crippen MR) is 121 cm³/mol. The van der Waals surface area contributed by atoms with Gasteiger partial charge in [0.25, 0.3) is 0 Å². The second kappa shape index (κ2) is 9.64. The highest BCUT2D eigenvalue weighted by atomic mass is 16.2. The van der Waals surface area contributed by atoms with Gasteiger partial charge in [0.1, 0.15) is 0 Å². The van der Waals surface area contributed by atoms with Crippen molar-refractivity contribution in [3.05, 3.63) is 30.3 Å². The summed E-state index contributed by atoms with van der Waals surface area (Å²) in [5.74, 6) is 2.24. The Labute approximate surface area is 177 Å². The predicted octanol–water partition coefficient (Wildman–Crippen LogP) is 6.03. The molecular formula is C26H40N2O. The molecule has 2 aliphatic carbocycles. The number of fused-ring (bicyclic) bond motifs is 2. The molecule has 3 heteroatoms. The molecule has 1 heterocycles. The largest absolute Gasteiger partial charge is 0.309 e. The molecule has 5 atom stereocenters. The van der Waals surface area contributed by atoms with Gasteiger partial charge in [-0.05, 0) is 62.5 Å². The lowest BCUT2D eigenvalue weighted by atomic mass is 9.69. The number of likely N-dealkylation sites (tertiary alicyclic amines) is 1. The van der Waals surface area contributed by atoms with E-state index in [0.717, 1.165) is 36.4 Å². The Kier molecular flexibility index (Phi) is 6.95. The minimum Gasteiger partial charge on any atom is -0.309 e. The van der Waals surface area contributed by atoms with E-state index < -0.39 is 0 Å². The van der Waals surface area contributed by atoms with Crippen LogP contribution in [0.5, 0.6) is 0 Å². The molecule has 0 spiro atoms. The van der Waals surface area contributed by atoms with Crippen molar-refractivity contribution in [1.29, 1.82) is 0 Å². The topological polar surface area (TPSA) is 23.6 Å². The number of amides is 1. The van der Waals surface area contributed by atoms with Gasteiger partial charge in [0.15, 0.2) is 0 Å². The van der Waals surface area contributed by atoms with E-state index >= 15 is 0 Å². The third-order valence-electron chi connectivity index (χ3n) is 7.90. The molecular weight excluding hydrogens is 356 g/mol. The average Bonchev–Trinajstić information content (AvgIpc) is 2.75. The summed E-state index contributed by atoms with van der Waals surface area (Å²) in [4.78, 5) is 17.9. The molecule has 4 rings (SSSR count). The molecule has 1 aliphatic heterocycles. The van der Waals surface area contributed by atoms with Gasteiger partial charge in [-0.1, -0.05) is 57.7 Å². The van der Waals surface area contributed by atoms with Gasteiger partial charge >= 0.3 is 0 Å². The lowest BCUT2D eigenvalue weighted by Gasteiger charge is -2.50. The molecule has 2 saturated carbocycles. The minimum atomic E-state index is 0.275. The molecule has 29 heavy (non-hydrogen) atoms. The highest BCUT2D eigenvalue weighted by Gasteiger charge is 2.40. The molecule has 3 fully saturated rings. The molecule has 1 saturated heterocycles. The van der Waals surface area contributed by atoms with Crippen LogP contribution in [0.1, 0.15) is 84.5 Å². The van der Waals surface area contributed by atoms with Crippen molar-refractivity contribution in [1.82, 2.24) is 4.90 Å². The summed E-state index contributed by atoms with van der Waals surface area (Å²) in [6.07, 6.45) is 14.1. The van der Waals surface area contributed by atoms with E-state index in [0.29, 0.717) is 18.5 Å². The van der Waals surface area contributed by atoms with Crippen LogP contribution in [0.4, 0.5) is 5.69 Å². The van der Waals surface area contributed by atoms with Crippen molar-refractivity contribution in [3.63, 3.8) is 0 Å². The van der Waals surface area contributed by atoms with Gasteiger partial charge < -0.3 is 4.90 Å². The van der Waals surface area contributed by atoms with Gasteiger partial charge in [-0.25, -0.2) is 0 Å². The van der Waals surface area contributed by atoms with E-state index in [-0.39, 0.29) is 5.91 Å². The monoisotopic (exact) mass is 396 g/mol. The lowest BCUT2D eigenvalue weighted by molar-refractivity contribution is -0.119. The van der Waals surface area contributed by atoms with Gasteiger partial charge in [0, 0.05) is 36.8 Å². The molecule has 2 bridgehead atoms. The molecule has 1 amide bonds. The Bertz CT molecular complexity index is 648.